The van der Waals surface area contributed by atoms with Crippen LogP contribution in [0.4, 0.5) is 0 Å². The van der Waals surface area contributed by atoms with Gasteiger partial charge in [-0.15, -0.1) is 21.5 Å². The normalized spacial score (nSPS) is 12.2. The Morgan fingerprint density at radius 1 is 1.25 bits per heavy atom. The van der Waals surface area contributed by atoms with Gasteiger partial charge in [-0.2, -0.15) is 8.42 Å². The average Bonchev–Trinajstić information content (AvgIpc) is 2.58. The van der Waals surface area contributed by atoms with Gasteiger partial charge < -0.3 is 0 Å². The van der Waals surface area contributed by atoms with Crippen LogP contribution in [0.3, 0.4) is 0 Å². The summed E-state index contributed by atoms with van der Waals surface area (Å²) in [6.07, 6.45) is 2.16. The Morgan fingerprint density at radius 2 is 1.81 bits per heavy atom. The van der Waals surface area contributed by atoms with Gasteiger partial charge in [0.25, 0.3) is 10.1 Å². The molecule has 0 saturated carbocycles. The molecule has 0 aliphatic heterocycles. The highest BCUT2D eigenvalue weighted by molar-refractivity contribution is 7.85. The van der Waals surface area contributed by atoms with E-state index in [0.29, 0.717) is 10.9 Å². The summed E-state index contributed by atoms with van der Waals surface area (Å²) in [7, 11) is -3.90. The molecule has 92 valence electrons. The first-order valence-corrected chi connectivity index (χ1v) is 7.56. The fourth-order valence-corrected chi connectivity index (χ4v) is 2.56. The molecule has 0 amide bonds. The highest BCUT2D eigenvalue weighted by Crippen LogP contribution is 2.15. The third kappa shape index (κ3) is 5.53. The summed E-state index contributed by atoms with van der Waals surface area (Å²) < 4.78 is 29.7. The zero-order valence-corrected chi connectivity index (χ0v) is 11.0. The first-order valence-electron chi connectivity index (χ1n) is 5.13. The summed E-state index contributed by atoms with van der Waals surface area (Å²) in [5, 5.41) is 9.46. The largest absolute Gasteiger partial charge is 0.286 e. The lowest BCUT2D eigenvalue weighted by atomic mass is 10.1. The van der Waals surface area contributed by atoms with Crippen LogP contribution in [0.2, 0.25) is 0 Å². The van der Waals surface area contributed by atoms with E-state index in [1.807, 2.05) is 0 Å². The van der Waals surface area contributed by atoms with E-state index in [2.05, 4.69) is 24.0 Å². The first kappa shape index (κ1) is 13.5. The van der Waals surface area contributed by atoms with Crippen LogP contribution in [0.5, 0.6) is 0 Å². The second-order valence-corrected chi connectivity index (χ2v) is 6.78. The molecule has 0 aliphatic rings. The van der Waals surface area contributed by atoms with E-state index in [4.69, 9.17) is 4.55 Å². The smallest absolute Gasteiger partial charge is 0.265 e. The molecule has 0 aliphatic carbocycles. The van der Waals surface area contributed by atoms with Crippen LogP contribution in [-0.4, -0.2) is 28.9 Å². The molecule has 0 fully saturated rings. The third-order valence-corrected chi connectivity index (χ3v) is 3.78. The van der Waals surface area contributed by atoms with E-state index < -0.39 is 10.1 Å². The SMILES string of the molecule is CC(C)CCc1nnc(CCS(=O)(=O)O)s1. The monoisotopic (exact) mass is 264 g/mol. The van der Waals surface area contributed by atoms with Gasteiger partial charge in [-0.25, -0.2) is 0 Å². The van der Waals surface area contributed by atoms with Gasteiger partial charge in [0.15, 0.2) is 0 Å². The molecule has 1 N–H and O–H groups in total. The summed E-state index contributed by atoms with van der Waals surface area (Å²) in [5.41, 5.74) is 0. The zero-order valence-electron chi connectivity index (χ0n) is 9.38. The molecule has 0 unspecified atom stereocenters. The lowest BCUT2D eigenvalue weighted by Gasteiger charge is -1.99. The number of aryl methyl sites for hydroxylation is 2. The number of aromatic nitrogens is 2. The van der Waals surface area contributed by atoms with Crippen molar-refractivity contribution in [3.05, 3.63) is 10.0 Å². The lowest BCUT2D eigenvalue weighted by molar-refractivity contribution is 0.482. The van der Waals surface area contributed by atoms with E-state index in [0.717, 1.165) is 17.8 Å². The maximum atomic E-state index is 10.5. The van der Waals surface area contributed by atoms with Crippen molar-refractivity contribution in [2.24, 2.45) is 5.92 Å². The Balaban J connectivity index is 2.45. The standard InChI is InChI=1S/C9H16N2O3S2/c1-7(2)3-4-8-10-11-9(15-8)5-6-16(12,13)14/h7H,3-6H2,1-2H3,(H,12,13,14). The molecule has 5 nitrogen and oxygen atoms in total. The second kappa shape index (κ2) is 5.70. The van der Waals surface area contributed by atoms with Crippen LogP contribution < -0.4 is 0 Å². The molecule has 0 bridgehead atoms. The molecule has 1 rings (SSSR count). The lowest BCUT2D eigenvalue weighted by Crippen LogP contribution is -2.06. The van der Waals surface area contributed by atoms with Gasteiger partial charge in [-0.05, 0) is 12.3 Å². The van der Waals surface area contributed by atoms with Crippen LogP contribution in [0, 0.1) is 5.92 Å². The van der Waals surface area contributed by atoms with Crippen molar-refractivity contribution in [1.82, 2.24) is 10.2 Å². The number of hydrogen-bond acceptors (Lipinski definition) is 5. The summed E-state index contributed by atoms with van der Waals surface area (Å²) in [6, 6.07) is 0. The van der Waals surface area contributed by atoms with Crippen LogP contribution in [0.15, 0.2) is 0 Å². The fourth-order valence-electron chi connectivity index (χ4n) is 1.12. The van der Waals surface area contributed by atoms with E-state index >= 15 is 0 Å². The molecule has 1 aromatic rings. The van der Waals surface area contributed by atoms with E-state index in [1.165, 1.54) is 11.3 Å². The van der Waals surface area contributed by atoms with Crippen LogP contribution in [-0.2, 0) is 23.0 Å². The van der Waals surface area contributed by atoms with Crippen LogP contribution in [0.1, 0.15) is 30.3 Å². The molecular weight excluding hydrogens is 248 g/mol. The van der Waals surface area contributed by atoms with Crippen molar-refractivity contribution in [3.8, 4) is 0 Å². The highest BCUT2D eigenvalue weighted by Gasteiger charge is 2.09. The van der Waals surface area contributed by atoms with Crippen molar-refractivity contribution in [2.45, 2.75) is 33.1 Å². The molecule has 0 spiro atoms. The van der Waals surface area contributed by atoms with Crippen molar-refractivity contribution in [2.75, 3.05) is 5.75 Å². The van der Waals surface area contributed by atoms with Crippen molar-refractivity contribution in [3.63, 3.8) is 0 Å². The molecule has 7 heteroatoms. The Labute approximate surface area is 99.7 Å². The molecule has 16 heavy (non-hydrogen) atoms. The van der Waals surface area contributed by atoms with Crippen LogP contribution in [0.25, 0.3) is 0 Å². The van der Waals surface area contributed by atoms with Crippen molar-refractivity contribution >= 4 is 21.5 Å². The Kier molecular flexibility index (Phi) is 4.82. The Bertz CT molecular complexity index is 426. The van der Waals surface area contributed by atoms with Gasteiger partial charge in [0.2, 0.25) is 0 Å². The maximum Gasteiger partial charge on any atom is 0.265 e. The van der Waals surface area contributed by atoms with E-state index in [9.17, 15) is 8.42 Å². The molecule has 0 radical (unpaired) electrons. The minimum atomic E-state index is -3.90. The minimum Gasteiger partial charge on any atom is -0.286 e. The van der Waals surface area contributed by atoms with E-state index in [1.54, 1.807) is 0 Å². The van der Waals surface area contributed by atoms with Crippen LogP contribution >= 0.6 is 11.3 Å². The fraction of sp³-hybridized carbons (Fsp3) is 0.778. The Hall–Kier alpha value is -0.530. The molecule has 0 aromatic carbocycles. The van der Waals surface area contributed by atoms with Gasteiger partial charge in [0.1, 0.15) is 10.0 Å². The van der Waals surface area contributed by atoms with Gasteiger partial charge in [-0.3, -0.25) is 4.55 Å². The summed E-state index contributed by atoms with van der Waals surface area (Å²) in [4.78, 5) is 0. The second-order valence-electron chi connectivity index (χ2n) is 4.06. The minimum absolute atomic E-state index is 0.234. The van der Waals surface area contributed by atoms with Crippen molar-refractivity contribution < 1.29 is 13.0 Å². The summed E-state index contributed by atoms with van der Waals surface area (Å²) >= 11 is 1.42. The highest BCUT2D eigenvalue weighted by atomic mass is 32.2. The maximum absolute atomic E-state index is 10.5. The molecule has 1 aromatic heterocycles. The van der Waals surface area contributed by atoms with Gasteiger partial charge >= 0.3 is 0 Å². The summed E-state index contributed by atoms with van der Waals surface area (Å²) in [6.45, 7) is 4.28. The summed E-state index contributed by atoms with van der Waals surface area (Å²) in [5.74, 6) is 0.330. The van der Waals surface area contributed by atoms with Crippen molar-refractivity contribution in [1.29, 1.82) is 0 Å². The molecular formula is C9H16N2O3S2. The topological polar surface area (TPSA) is 80.2 Å². The quantitative estimate of drug-likeness (QED) is 0.789. The molecule has 0 saturated heterocycles. The average molecular weight is 264 g/mol. The number of hydrogen-bond donors (Lipinski definition) is 1. The predicted octanol–water partition coefficient (Wildman–Crippen LogP) is 1.56. The van der Waals surface area contributed by atoms with Gasteiger partial charge in [0.05, 0.1) is 5.75 Å². The molecule has 0 atom stereocenters. The predicted molar refractivity (Wildman–Crippen MR) is 63.2 cm³/mol. The van der Waals surface area contributed by atoms with Gasteiger partial charge in [-0.1, -0.05) is 13.8 Å². The van der Waals surface area contributed by atoms with E-state index in [-0.39, 0.29) is 12.2 Å². The van der Waals surface area contributed by atoms with Gasteiger partial charge in [0, 0.05) is 12.8 Å². The zero-order chi connectivity index (χ0) is 12.2. The number of nitrogens with zero attached hydrogens (tertiary/aromatic N) is 2. The Morgan fingerprint density at radius 3 is 2.31 bits per heavy atom. The first-order chi connectivity index (χ1) is 7.37. The third-order valence-electron chi connectivity index (χ3n) is 2.02. The number of rotatable bonds is 6. The molecule has 1 heterocycles.